The topological polar surface area (TPSA) is 82.0 Å². The van der Waals surface area contributed by atoms with Gasteiger partial charge in [0.05, 0.1) is 6.61 Å². The molecule has 1 aromatic rings. The fraction of sp³-hybridized carbons (Fsp3) is 0.500. The highest BCUT2D eigenvalue weighted by molar-refractivity contribution is 5.45. The molecule has 5 nitrogen and oxygen atoms in total. The lowest BCUT2D eigenvalue weighted by molar-refractivity contribution is -0.178. The summed E-state index contributed by atoms with van der Waals surface area (Å²) >= 11 is 0. The zero-order chi connectivity index (χ0) is 12.4. The average Bonchev–Trinajstić information content (AvgIpc) is 2.33. The van der Waals surface area contributed by atoms with Crippen LogP contribution in [0.3, 0.4) is 0 Å². The van der Waals surface area contributed by atoms with Crippen molar-refractivity contribution in [2.75, 3.05) is 11.9 Å². The first-order chi connectivity index (χ1) is 8.08. The second-order valence-electron chi connectivity index (χ2n) is 4.31. The molecule has 0 amide bonds. The predicted octanol–water partition coefficient (Wildman–Crippen LogP) is -0.154. The number of rotatable bonds is 2. The van der Waals surface area contributed by atoms with Crippen molar-refractivity contribution in [2.45, 2.75) is 31.5 Å². The van der Waals surface area contributed by atoms with Gasteiger partial charge in [-0.25, -0.2) is 0 Å². The molecule has 0 spiro atoms. The van der Waals surface area contributed by atoms with Crippen LogP contribution in [0.5, 0.6) is 0 Å². The van der Waals surface area contributed by atoms with Crippen LogP contribution < -0.4 is 5.32 Å². The minimum atomic E-state index is -1.19. The molecule has 4 N–H and O–H groups in total. The Kier molecular flexibility index (Phi) is 3.63. The van der Waals surface area contributed by atoms with Gasteiger partial charge in [0.2, 0.25) is 0 Å². The van der Waals surface area contributed by atoms with Gasteiger partial charge >= 0.3 is 0 Å². The van der Waals surface area contributed by atoms with Crippen LogP contribution in [0, 0.1) is 6.92 Å². The van der Waals surface area contributed by atoms with Gasteiger partial charge in [-0.2, -0.15) is 0 Å². The molecule has 94 valence electrons. The zero-order valence-electron chi connectivity index (χ0n) is 9.58. The van der Waals surface area contributed by atoms with Crippen LogP contribution in [0.25, 0.3) is 0 Å². The molecule has 0 aromatic heterocycles. The molecule has 0 saturated carbocycles. The number of aliphatic hydroxyl groups is 3. The molecule has 1 heterocycles. The smallest absolute Gasteiger partial charge is 0.156 e. The Balaban J connectivity index is 2.01. The molecule has 1 saturated heterocycles. The lowest BCUT2D eigenvalue weighted by Gasteiger charge is -2.35. The van der Waals surface area contributed by atoms with Crippen molar-refractivity contribution in [2.24, 2.45) is 0 Å². The second-order valence-corrected chi connectivity index (χ2v) is 4.31. The molecule has 1 unspecified atom stereocenters. The van der Waals surface area contributed by atoms with Gasteiger partial charge in [0, 0.05) is 5.69 Å². The maximum atomic E-state index is 9.73. The summed E-state index contributed by atoms with van der Waals surface area (Å²) in [6, 6.07) is 7.59. The molecule has 1 aliphatic rings. The SMILES string of the molecule is Cc1ccc(NC2OC[C@@H](O)[C@@H](O)[C@@H]2O)cc1. The first kappa shape index (κ1) is 12.3. The highest BCUT2D eigenvalue weighted by Gasteiger charge is 2.37. The highest BCUT2D eigenvalue weighted by atomic mass is 16.5. The van der Waals surface area contributed by atoms with Gasteiger partial charge in [-0.1, -0.05) is 17.7 Å². The van der Waals surface area contributed by atoms with Crippen LogP contribution >= 0.6 is 0 Å². The van der Waals surface area contributed by atoms with Gasteiger partial charge in [0.1, 0.15) is 18.3 Å². The maximum Gasteiger partial charge on any atom is 0.156 e. The van der Waals surface area contributed by atoms with Crippen molar-refractivity contribution in [3.05, 3.63) is 29.8 Å². The highest BCUT2D eigenvalue weighted by Crippen LogP contribution is 2.18. The number of hydrogen-bond acceptors (Lipinski definition) is 5. The first-order valence-corrected chi connectivity index (χ1v) is 5.57. The lowest BCUT2D eigenvalue weighted by Crippen LogP contribution is -2.55. The van der Waals surface area contributed by atoms with E-state index in [2.05, 4.69) is 5.32 Å². The fourth-order valence-corrected chi connectivity index (χ4v) is 1.75. The Bertz CT molecular complexity index is 367. The number of nitrogens with one attached hydrogen (secondary N) is 1. The summed E-state index contributed by atoms with van der Waals surface area (Å²) in [5.74, 6) is 0. The Morgan fingerprint density at radius 1 is 1.12 bits per heavy atom. The first-order valence-electron chi connectivity index (χ1n) is 5.57. The summed E-state index contributed by atoms with van der Waals surface area (Å²) in [5, 5.41) is 31.5. The van der Waals surface area contributed by atoms with E-state index in [0.29, 0.717) is 0 Å². The number of aliphatic hydroxyl groups excluding tert-OH is 3. The van der Waals surface area contributed by atoms with Crippen LogP contribution in [-0.2, 0) is 4.74 Å². The third kappa shape index (κ3) is 2.76. The molecule has 1 aromatic carbocycles. The quantitative estimate of drug-likeness (QED) is 0.577. The molecule has 0 aliphatic carbocycles. The number of anilines is 1. The number of ether oxygens (including phenoxy) is 1. The van der Waals surface area contributed by atoms with Gasteiger partial charge < -0.3 is 25.4 Å². The van der Waals surface area contributed by atoms with E-state index in [1.165, 1.54) is 0 Å². The standard InChI is InChI=1S/C12H17NO4/c1-7-2-4-8(5-3-7)13-12-11(16)10(15)9(14)6-17-12/h2-5,9-16H,6H2,1H3/t9-,10-,11+,12?/m1/s1. The average molecular weight is 239 g/mol. The van der Waals surface area contributed by atoms with Gasteiger partial charge in [-0.15, -0.1) is 0 Å². The Labute approximate surface area is 99.7 Å². The van der Waals surface area contributed by atoms with Gasteiger partial charge in [0.15, 0.2) is 6.23 Å². The van der Waals surface area contributed by atoms with Crippen molar-refractivity contribution in [1.29, 1.82) is 0 Å². The number of hydrogen-bond donors (Lipinski definition) is 4. The van der Waals surface area contributed by atoms with Gasteiger partial charge in [-0.3, -0.25) is 0 Å². The largest absolute Gasteiger partial charge is 0.388 e. The van der Waals surface area contributed by atoms with E-state index < -0.39 is 24.5 Å². The van der Waals surface area contributed by atoms with E-state index in [1.807, 2.05) is 31.2 Å². The minimum absolute atomic E-state index is 0.00174. The normalized spacial score (nSPS) is 33.4. The van der Waals surface area contributed by atoms with Crippen LogP contribution in [-0.4, -0.2) is 46.5 Å². The summed E-state index contributed by atoms with van der Waals surface area (Å²) in [7, 11) is 0. The third-order valence-electron chi connectivity index (χ3n) is 2.86. The summed E-state index contributed by atoms with van der Waals surface area (Å²) < 4.78 is 5.24. The molecular weight excluding hydrogens is 222 g/mol. The molecule has 4 atom stereocenters. The van der Waals surface area contributed by atoms with Crippen LogP contribution in [0.4, 0.5) is 5.69 Å². The number of benzene rings is 1. The summed E-state index contributed by atoms with van der Waals surface area (Å²) in [6.07, 6.45) is -4.09. The summed E-state index contributed by atoms with van der Waals surface area (Å²) in [4.78, 5) is 0. The van der Waals surface area contributed by atoms with Crippen LogP contribution in [0.2, 0.25) is 0 Å². The van der Waals surface area contributed by atoms with Crippen molar-refractivity contribution < 1.29 is 20.1 Å². The van der Waals surface area contributed by atoms with E-state index in [1.54, 1.807) is 0 Å². The van der Waals surface area contributed by atoms with E-state index in [-0.39, 0.29) is 6.61 Å². The summed E-state index contributed by atoms with van der Waals surface area (Å²) in [5.41, 5.74) is 1.93. The van der Waals surface area contributed by atoms with Crippen molar-refractivity contribution in [1.82, 2.24) is 0 Å². The second kappa shape index (κ2) is 5.01. The van der Waals surface area contributed by atoms with E-state index in [0.717, 1.165) is 11.3 Å². The van der Waals surface area contributed by atoms with Crippen molar-refractivity contribution in [3.63, 3.8) is 0 Å². The molecule has 17 heavy (non-hydrogen) atoms. The van der Waals surface area contributed by atoms with Gasteiger partial charge in [0.25, 0.3) is 0 Å². The van der Waals surface area contributed by atoms with Crippen LogP contribution in [0.15, 0.2) is 24.3 Å². The van der Waals surface area contributed by atoms with Crippen molar-refractivity contribution in [3.8, 4) is 0 Å². The van der Waals surface area contributed by atoms with E-state index >= 15 is 0 Å². The summed E-state index contributed by atoms with van der Waals surface area (Å²) in [6.45, 7) is 1.98. The zero-order valence-corrected chi connectivity index (χ0v) is 9.58. The fourth-order valence-electron chi connectivity index (χ4n) is 1.75. The third-order valence-corrected chi connectivity index (χ3v) is 2.86. The molecule has 0 radical (unpaired) electrons. The Morgan fingerprint density at radius 2 is 1.76 bits per heavy atom. The van der Waals surface area contributed by atoms with E-state index in [4.69, 9.17) is 4.74 Å². The molecule has 1 fully saturated rings. The molecule has 0 bridgehead atoms. The monoisotopic (exact) mass is 239 g/mol. The van der Waals surface area contributed by atoms with Gasteiger partial charge in [-0.05, 0) is 19.1 Å². The Hall–Kier alpha value is -1.14. The maximum absolute atomic E-state index is 9.73. The van der Waals surface area contributed by atoms with Crippen molar-refractivity contribution >= 4 is 5.69 Å². The molecular formula is C12H17NO4. The number of aryl methyl sites for hydroxylation is 1. The Morgan fingerprint density at radius 3 is 2.41 bits per heavy atom. The molecule has 1 aliphatic heterocycles. The molecule has 2 rings (SSSR count). The predicted molar refractivity (Wildman–Crippen MR) is 62.6 cm³/mol. The minimum Gasteiger partial charge on any atom is -0.388 e. The lowest BCUT2D eigenvalue weighted by atomic mass is 10.0. The van der Waals surface area contributed by atoms with E-state index in [9.17, 15) is 15.3 Å². The molecule has 5 heteroatoms. The van der Waals surface area contributed by atoms with Crippen LogP contribution in [0.1, 0.15) is 5.56 Å².